The Bertz CT molecular complexity index is 475. The smallest absolute Gasteiger partial charge is 0.288 e. The van der Waals surface area contributed by atoms with Gasteiger partial charge in [-0.25, -0.2) is 4.98 Å². The SMILES string of the molecule is CN(c1ncc([N+](=O)[O-])cc1Br)C1CCC(N)CC1. The molecule has 1 heterocycles. The van der Waals surface area contributed by atoms with Gasteiger partial charge in [-0.2, -0.15) is 0 Å². The molecule has 1 saturated carbocycles. The Kier molecular flexibility index (Phi) is 4.36. The summed E-state index contributed by atoms with van der Waals surface area (Å²) in [5, 5.41) is 10.7. The summed E-state index contributed by atoms with van der Waals surface area (Å²) in [5.74, 6) is 0.742. The van der Waals surface area contributed by atoms with E-state index in [1.807, 2.05) is 7.05 Å². The zero-order valence-corrected chi connectivity index (χ0v) is 12.3. The van der Waals surface area contributed by atoms with Crippen molar-refractivity contribution in [2.24, 2.45) is 5.73 Å². The average Bonchev–Trinajstić information content (AvgIpc) is 2.38. The number of rotatable bonds is 3. The molecule has 6 nitrogen and oxygen atoms in total. The topological polar surface area (TPSA) is 85.3 Å². The number of aromatic nitrogens is 1. The van der Waals surface area contributed by atoms with Crippen LogP contribution in [0.4, 0.5) is 11.5 Å². The van der Waals surface area contributed by atoms with E-state index in [2.05, 4.69) is 25.8 Å². The van der Waals surface area contributed by atoms with Crippen molar-refractivity contribution in [3.05, 3.63) is 26.9 Å². The largest absolute Gasteiger partial charge is 0.356 e. The number of nitrogens with two attached hydrogens (primary N) is 1. The van der Waals surface area contributed by atoms with Crippen LogP contribution in [-0.4, -0.2) is 29.0 Å². The number of hydrogen-bond acceptors (Lipinski definition) is 5. The third-order valence-corrected chi connectivity index (χ3v) is 4.22. The lowest BCUT2D eigenvalue weighted by atomic mass is 9.91. The predicted molar refractivity (Wildman–Crippen MR) is 77.2 cm³/mol. The second kappa shape index (κ2) is 5.83. The molecule has 0 saturated heterocycles. The Morgan fingerprint density at radius 2 is 2.11 bits per heavy atom. The summed E-state index contributed by atoms with van der Waals surface area (Å²) in [7, 11) is 1.97. The van der Waals surface area contributed by atoms with Crippen LogP contribution < -0.4 is 10.6 Å². The molecule has 2 rings (SSSR count). The highest BCUT2D eigenvalue weighted by Gasteiger charge is 2.24. The number of anilines is 1. The molecular weight excluding hydrogens is 312 g/mol. The molecule has 0 unspecified atom stereocenters. The highest BCUT2D eigenvalue weighted by Crippen LogP contribution is 2.31. The summed E-state index contributed by atoms with van der Waals surface area (Å²) in [6.45, 7) is 0. The molecule has 104 valence electrons. The van der Waals surface area contributed by atoms with Gasteiger partial charge in [-0.15, -0.1) is 0 Å². The van der Waals surface area contributed by atoms with Crippen molar-refractivity contribution in [1.82, 2.24) is 4.98 Å². The first kappa shape index (κ1) is 14.2. The number of nitrogens with zero attached hydrogens (tertiary/aromatic N) is 3. The van der Waals surface area contributed by atoms with Crippen LogP contribution in [0.25, 0.3) is 0 Å². The molecule has 0 aromatic carbocycles. The summed E-state index contributed by atoms with van der Waals surface area (Å²) in [6.07, 6.45) is 5.38. The molecule has 0 bridgehead atoms. The molecule has 0 aliphatic heterocycles. The van der Waals surface area contributed by atoms with Crippen LogP contribution in [0, 0.1) is 10.1 Å². The van der Waals surface area contributed by atoms with Crippen LogP contribution in [-0.2, 0) is 0 Å². The summed E-state index contributed by atoms with van der Waals surface area (Å²) in [5.41, 5.74) is 5.90. The number of nitro groups is 1. The fourth-order valence-electron chi connectivity index (χ4n) is 2.44. The van der Waals surface area contributed by atoms with Gasteiger partial charge in [0.2, 0.25) is 0 Å². The number of hydrogen-bond donors (Lipinski definition) is 1. The van der Waals surface area contributed by atoms with Gasteiger partial charge >= 0.3 is 0 Å². The summed E-state index contributed by atoms with van der Waals surface area (Å²) >= 11 is 3.36. The van der Waals surface area contributed by atoms with Crippen molar-refractivity contribution in [2.45, 2.75) is 37.8 Å². The first-order valence-electron chi connectivity index (χ1n) is 6.27. The lowest BCUT2D eigenvalue weighted by Crippen LogP contribution is -2.39. The van der Waals surface area contributed by atoms with E-state index in [-0.39, 0.29) is 5.69 Å². The maximum atomic E-state index is 10.7. The molecule has 1 fully saturated rings. The highest BCUT2D eigenvalue weighted by atomic mass is 79.9. The minimum atomic E-state index is -0.443. The van der Waals surface area contributed by atoms with Gasteiger partial charge in [0.15, 0.2) is 0 Å². The second-order valence-electron chi connectivity index (χ2n) is 4.94. The van der Waals surface area contributed by atoms with Crippen LogP contribution in [0.3, 0.4) is 0 Å². The van der Waals surface area contributed by atoms with E-state index in [0.29, 0.717) is 16.6 Å². The van der Waals surface area contributed by atoms with Gasteiger partial charge in [0.05, 0.1) is 9.40 Å². The van der Waals surface area contributed by atoms with E-state index >= 15 is 0 Å². The van der Waals surface area contributed by atoms with E-state index in [1.54, 1.807) is 0 Å². The fourth-order valence-corrected chi connectivity index (χ4v) is 3.06. The molecule has 0 spiro atoms. The Morgan fingerprint density at radius 3 is 2.63 bits per heavy atom. The lowest BCUT2D eigenvalue weighted by Gasteiger charge is -2.34. The quantitative estimate of drug-likeness (QED) is 0.680. The zero-order valence-electron chi connectivity index (χ0n) is 10.8. The molecule has 1 aliphatic carbocycles. The van der Waals surface area contributed by atoms with Crippen molar-refractivity contribution in [3.63, 3.8) is 0 Å². The minimum absolute atomic E-state index is 0.00492. The zero-order chi connectivity index (χ0) is 14.0. The summed E-state index contributed by atoms with van der Waals surface area (Å²) < 4.78 is 0.652. The second-order valence-corrected chi connectivity index (χ2v) is 5.79. The van der Waals surface area contributed by atoms with Gasteiger partial charge in [-0.05, 0) is 41.6 Å². The molecule has 2 N–H and O–H groups in total. The Balaban J connectivity index is 2.15. The Labute approximate surface area is 120 Å². The van der Waals surface area contributed by atoms with Gasteiger partial charge < -0.3 is 10.6 Å². The molecule has 0 radical (unpaired) electrons. The van der Waals surface area contributed by atoms with Gasteiger partial charge in [0, 0.05) is 25.2 Å². The molecule has 1 aromatic heterocycles. The summed E-state index contributed by atoms with van der Waals surface area (Å²) in [6, 6.07) is 2.19. The first-order chi connectivity index (χ1) is 8.99. The van der Waals surface area contributed by atoms with E-state index in [9.17, 15) is 10.1 Å². The predicted octanol–water partition coefficient (Wildman–Crippen LogP) is 2.46. The molecule has 0 atom stereocenters. The third kappa shape index (κ3) is 3.22. The molecule has 1 aromatic rings. The molecular formula is C12H17BrN4O2. The Hall–Kier alpha value is -1.21. The monoisotopic (exact) mass is 328 g/mol. The van der Waals surface area contributed by atoms with Crippen molar-refractivity contribution >= 4 is 27.4 Å². The third-order valence-electron chi connectivity index (χ3n) is 3.64. The van der Waals surface area contributed by atoms with Crippen LogP contribution in [0.5, 0.6) is 0 Å². The van der Waals surface area contributed by atoms with Crippen LogP contribution >= 0.6 is 15.9 Å². The van der Waals surface area contributed by atoms with Gasteiger partial charge in [0.25, 0.3) is 5.69 Å². The minimum Gasteiger partial charge on any atom is -0.356 e. The molecule has 0 amide bonds. The van der Waals surface area contributed by atoms with Crippen molar-refractivity contribution < 1.29 is 4.92 Å². The van der Waals surface area contributed by atoms with E-state index < -0.39 is 4.92 Å². The van der Waals surface area contributed by atoms with Gasteiger partial charge in [0.1, 0.15) is 12.0 Å². The van der Waals surface area contributed by atoms with E-state index in [4.69, 9.17) is 5.73 Å². The number of halogens is 1. The molecule has 19 heavy (non-hydrogen) atoms. The van der Waals surface area contributed by atoms with Crippen LogP contribution in [0.1, 0.15) is 25.7 Å². The van der Waals surface area contributed by atoms with E-state index in [1.165, 1.54) is 12.3 Å². The fraction of sp³-hybridized carbons (Fsp3) is 0.583. The standard InChI is InChI=1S/C12H17BrN4O2/c1-16(9-4-2-8(14)3-5-9)12-11(13)6-10(7-15-12)17(18)19/h6-9H,2-5,14H2,1H3. The van der Waals surface area contributed by atoms with Crippen molar-refractivity contribution in [2.75, 3.05) is 11.9 Å². The normalized spacial score (nSPS) is 23.1. The maximum Gasteiger partial charge on any atom is 0.288 e. The summed E-state index contributed by atoms with van der Waals surface area (Å²) in [4.78, 5) is 16.5. The lowest BCUT2D eigenvalue weighted by molar-refractivity contribution is -0.385. The first-order valence-corrected chi connectivity index (χ1v) is 7.06. The number of pyridine rings is 1. The van der Waals surface area contributed by atoms with E-state index in [0.717, 1.165) is 31.5 Å². The average molecular weight is 329 g/mol. The van der Waals surface area contributed by atoms with Crippen molar-refractivity contribution in [1.29, 1.82) is 0 Å². The van der Waals surface area contributed by atoms with Crippen molar-refractivity contribution in [3.8, 4) is 0 Å². The maximum absolute atomic E-state index is 10.7. The highest BCUT2D eigenvalue weighted by molar-refractivity contribution is 9.10. The van der Waals surface area contributed by atoms with Crippen LogP contribution in [0.15, 0.2) is 16.7 Å². The van der Waals surface area contributed by atoms with Crippen LogP contribution in [0.2, 0.25) is 0 Å². The Morgan fingerprint density at radius 1 is 1.47 bits per heavy atom. The molecule has 7 heteroatoms. The van der Waals surface area contributed by atoms with Gasteiger partial charge in [-0.1, -0.05) is 0 Å². The molecule has 1 aliphatic rings. The van der Waals surface area contributed by atoms with Gasteiger partial charge in [-0.3, -0.25) is 10.1 Å².